The van der Waals surface area contributed by atoms with Crippen LogP contribution in [0.25, 0.3) is 0 Å². The summed E-state index contributed by atoms with van der Waals surface area (Å²) in [4.78, 5) is 22.7. The number of rotatable bonds is 5. The average Bonchev–Trinajstić information content (AvgIpc) is 2.24. The molecule has 0 saturated carbocycles. The highest BCUT2D eigenvalue weighted by Crippen LogP contribution is 2.39. The van der Waals surface area contributed by atoms with E-state index >= 15 is 0 Å². The Kier molecular flexibility index (Phi) is 3.90. The molecule has 1 amide bonds. The van der Waals surface area contributed by atoms with E-state index < -0.39 is 36.7 Å². The topological polar surface area (TPSA) is 76.1 Å². The smallest absolute Gasteiger partial charge is 0.410 e. The summed E-state index contributed by atoms with van der Waals surface area (Å²) < 4.78 is 36.0. The summed E-state index contributed by atoms with van der Waals surface area (Å²) in [6.07, 6.45) is 0.511. The molecule has 1 aliphatic rings. The van der Waals surface area contributed by atoms with E-state index in [1.165, 1.54) is 6.08 Å². The number of aliphatic carboxylic acids is 1. The van der Waals surface area contributed by atoms with Crippen molar-refractivity contribution in [1.29, 1.82) is 0 Å². The summed E-state index contributed by atoms with van der Waals surface area (Å²) in [5.41, 5.74) is -2.20. The summed E-state index contributed by atoms with van der Waals surface area (Å²) >= 11 is 0. The van der Waals surface area contributed by atoms with Gasteiger partial charge < -0.3 is 19.5 Å². The highest BCUT2D eigenvalue weighted by atomic mass is 19.3. The van der Waals surface area contributed by atoms with Gasteiger partial charge in [0.05, 0.1) is 13.1 Å². The number of hydrogen-bond acceptors (Lipinski definition) is 4. The second-order valence-electron chi connectivity index (χ2n) is 3.80. The zero-order chi connectivity index (χ0) is 14.0. The van der Waals surface area contributed by atoms with E-state index in [0.717, 1.165) is 12.0 Å². The van der Waals surface area contributed by atoms with Crippen molar-refractivity contribution in [3.05, 3.63) is 12.7 Å². The molecule has 102 valence electrons. The van der Waals surface area contributed by atoms with E-state index in [2.05, 4.69) is 16.1 Å². The molecule has 6 nitrogen and oxygen atoms in total. The Bertz CT molecular complexity index is 365. The van der Waals surface area contributed by atoms with Crippen LogP contribution in [0.3, 0.4) is 0 Å². The molecule has 18 heavy (non-hydrogen) atoms. The van der Waals surface area contributed by atoms with Crippen molar-refractivity contribution in [1.82, 2.24) is 4.90 Å². The van der Waals surface area contributed by atoms with Gasteiger partial charge in [-0.25, -0.2) is 9.59 Å². The molecule has 0 atom stereocenters. The summed E-state index contributed by atoms with van der Waals surface area (Å²) in [6.45, 7) is 2.19. The van der Waals surface area contributed by atoms with E-state index in [-0.39, 0.29) is 6.61 Å². The maximum Gasteiger partial charge on any atom is 0.410 e. The van der Waals surface area contributed by atoms with Gasteiger partial charge in [-0.05, 0) is 0 Å². The SMILES string of the molecule is C=CCOC(=O)N1CC(OC)(C(F)(F)C(=O)O)C1. The molecule has 0 radical (unpaired) electrons. The average molecular weight is 265 g/mol. The van der Waals surface area contributed by atoms with Crippen LogP contribution in [0, 0.1) is 0 Å². The fraction of sp³-hybridized carbons (Fsp3) is 0.600. The van der Waals surface area contributed by atoms with Crippen molar-refractivity contribution in [3.8, 4) is 0 Å². The van der Waals surface area contributed by atoms with Gasteiger partial charge in [0.2, 0.25) is 0 Å². The molecule has 1 heterocycles. The van der Waals surface area contributed by atoms with Crippen molar-refractivity contribution < 1.29 is 33.0 Å². The molecule has 0 unspecified atom stereocenters. The molecule has 1 fully saturated rings. The Hall–Kier alpha value is -1.70. The molecular weight excluding hydrogens is 252 g/mol. The highest BCUT2D eigenvalue weighted by Gasteiger charge is 2.67. The Morgan fingerprint density at radius 3 is 2.50 bits per heavy atom. The number of amides is 1. The molecular formula is C10H13F2NO5. The molecule has 1 aliphatic heterocycles. The fourth-order valence-corrected chi connectivity index (χ4v) is 1.57. The van der Waals surface area contributed by atoms with Crippen molar-refractivity contribution in [2.24, 2.45) is 0 Å². The highest BCUT2D eigenvalue weighted by molar-refractivity contribution is 5.79. The number of carboxylic acid groups (broad SMARTS) is 1. The van der Waals surface area contributed by atoms with Gasteiger partial charge in [0, 0.05) is 7.11 Å². The van der Waals surface area contributed by atoms with E-state index in [1.807, 2.05) is 0 Å². The maximum absolute atomic E-state index is 13.4. The summed E-state index contributed by atoms with van der Waals surface area (Å²) in [7, 11) is 0.975. The first-order valence-electron chi connectivity index (χ1n) is 4.99. The summed E-state index contributed by atoms with van der Waals surface area (Å²) in [5.74, 6) is -6.36. The van der Waals surface area contributed by atoms with Gasteiger partial charge in [-0.15, -0.1) is 0 Å². The summed E-state index contributed by atoms with van der Waals surface area (Å²) in [5, 5.41) is 8.46. The monoisotopic (exact) mass is 265 g/mol. The number of ether oxygens (including phenoxy) is 2. The molecule has 8 heteroatoms. The largest absolute Gasteiger partial charge is 0.477 e. The van der Waals surface area contributed by atoms with Gasteiger partial charge in [0.25, 0.3) is 0 Å². The van der Waals surface area contributed by atoms with Gasteiger partial charge >= 0.3 is 18.0 Å². The number of carbonyl (C=O) groups is 2. The molecule has 0 aliphatic carbocycles. The van der Waals surface area contributed by atoms with Crippen LogP contribution < -0.4 is 0 Å². The first-order valence-corrected chi connectivity index (χ1v) is 4.99. The normalized spacial score (nSPS) is 17.8. The van der Waals surface area contributed by atoms with Gasteiger partial charge in [-0.1, -0.05) is 12.7 Å². The third-order valence-corrected chi connectivity index (χ3v) is 2.71. The minimum absolute atomic E-state index is 0.0510. The molecule has 0 aromatic heterocycles. The third-order valence-electron chi connectivity index (χ3n) is 2.71. The zero-order valence-electron chi connectivity index (χ0n) is 9.69. The van der Waals surface area contributed by atoms with Crippen LogP contribution in [0.5, 0.6) is 0 Å². The minimum Gasteiger partial charge on any atom is -0.477 e. The van der Waals surface area contributed by atoms with Crippen LogP contribution >= 0.6 is 0 Å². The molecule has 1 rings (SSSR count). The second kappa shape index (κ2) is 4.89. The number of methoxy groups -OCH3 is 1. The fourth-order valence-electron chi connectivity index (χ4n) is 1.57. The predicted molar refractivity (Wildman–Crippen MR) is 55.4 cm³/mol. The van der Waals surface area contributed by atoms with Crippen LogP contribution in [-0.2, 0) is 14.3 Å². The molecule has 0 bridgehead atoms. The van der Waals surface area contributed by atoms with Crippen LogP contribution in [0.4, 0.5) is 13.6 Å². The van der Waals surface area contributed by atoms with Crippen LogP contribution in [0.15, 0.2) is 12.7 Å². The Balaban J connectivity index is 2.68. The lowest BCUT2D eigenvalue weighted by molar-refractivity contribution is -0.249. The lowest BCUT2D eigenvalue weighted by atomic mass is 9.87. The van der Waals surface area contributed by atoms with Crippen molar-refractivity contribution in [2.75, 3.05) is 26.8 Å². The number of carbonyl (C=O) groups excluding carboxylic acids is 1. The molecule has 1 N–H and O–H groups in total. The maximum atomic E-state index is 13.4. The Morgan fingerprint density at radius 1 is 1.56 bits per heavy atom. The van der Waals surface area contributed by atoms with Crippen LogP contribution in [0.1, 0.15) is 0 Å². The first kappa shape index (κ1) is 14.4. The van der Waals surface area contributed by atoms with Crippen molar-refractivity contribution >= 4 is 12.1 Å². The Morgan fingerprint density at radius 2 is 2.11 bits per heavy atom. The van der Waals surface area contributed by atoms with Gasteiger partial charge in [-0.2, -0.15) is 8.78 Å². The van der Waals surface area contributed by atoms with Gasteiger partial charge in [-0.3, -0.25) is 0 Å². The molecule has 0 spiro atoms. The number of hydrogen-bond donors (Lipinski definition) is 1. The standard InChI is InChI=1S/C10H13F2NO5/c1-3-4-18-8(16)13-5-9(6-13,17-2)10(11,12)7(14)15/h3H,1,4-6H2,2H3,(H,14,15). The van der Waals surface area contributed by atoms with E-state index in [1.54, 1.807) is 0 Å². The Labute approximate surface area is 102 Å². The molecule has 0 aromatic carbocycles. The number of carboxylic acids is 1. The lowest BCUT2D eigenvalue weighted by Crippen LogP contribution is -2.74. The van der Waals surface area contributed by atoms with E-state index in [0.29, 0.717) is 0 Å². The summed E-state index contributed by atoms with van der Waals surface area (Å²) in [6, 6.07) is 0. The number of nitrogens with zero attached hydrogens (tertiary/aromatic N) is 1. The van der Waals surface area contributed by atoms with Gasteiger partial charge in [0.1, 0.15) is 6.61 Å². The minimum atomic E-state index is -4.07. The zero-order valence-corrected chi connectivity index (χ0v) is 9.69. The van der Waals surface area contributed by atoms with Gasteiger partial charge in [0.15, 0.2) is 5.60 Å². The van der Waals surface area contributed by atoms with Crippen LogP contribution in [0.2, 0.25) is 0 Å². The quantitative estimate of drug-likeness (QED) is 0.741. The van der Waals surface area contributed by atoms with E-state index in [9.17, 15) is 18.4 Å². The van der Waals surface area contributed by atoms with Crippen molar-refractivity contribution in [3.63, 3.8) is 0 Å². The number of likely N-dealkylation sites (tertiary alicyclic amines) is 1. The van der Waals surface area contributed by atoms with E-state index in [4.69, 9.17) is 5.11 Å². The number of alkyl halides is 2. The predicted octanol–water partition coefficient (Wildman–Crippen LogP) is 0.730. The molecule has 0 aromatic rings. The second-order valence-corrected chi connectivity index (χ2v) is 3.80. The first-order chi connectivity index (χ1) is 8.30. The van der Waals surface area contributed by atoms with Crippen molar-refractivity contribution in [2.45, 2.75) is 11.5 Å². The third kappa shape index (κ3) is 2.15. The molecule has 1 saturated heterocycles. The van der Waals surface area contributed by atoms with Crippen LogP contribution in [-0.4, -0.2) is 60.4 Å². The number of halogens is 2. The lowest BCUT2D eigenvalue weighted by Gasteiger charge is -2.49.